The lowest BCUT2D eigenvalue weighted by atomic mass is 10.1. The lowest BCUT2D eigenvalue weighted by Gasteiger charge is -2.07. The van der Waals surface area contributed by atoms with E-state index in [-0.39, 0.29) is 5.91 Å². The molecular formula is C26H50N4O3. The minimum absolute atomic E-state index is 0.175. The maximum atomic E-state index is 11.8. The molecule has 0 aromatic carbocycles. The average Bonchev–Trinajstić information content (AvgIpc) is 2.78. The van der Waals surface area contributed by atoms with E-state index in [9.17, 15) is 4.79 Å². The van der Waals surface area contributed by atoms with Gasteiger partial charge in [-0.2, -0.15) is 0 Å². The van der Waals surface area contributed by atoms with Crippen molar-refractivity contribution in [3.63, 3.8) is 0 Å². The van der Waals surface area contributed by atoms with Crippen molar-refractivity contribution in [3.05, 3.63) is 36.5 Å². The Morgan fingerprint density at radius 3 is 1.91 bits per heavy atom. The second kappa shape index (κ2) is 30.0. The maximum Gasteiger partial charge on any atom is 0.300 e. The lowest BCUT2D eigenvalue weighted by Crippen LogP contribution is -2.35. The van der Waals surface area contributed by atoms with Crippen LogP contribution in [-0.4, -0.2) is 56.3 Å². The summed E-state index contributed by atoms with van der Waals surface area (Å²) in [5.74, 6) is -0.658. The summed E-state index contributed by atoms with van der Waals surface area (Å²) in [5, 5.41) is 16.9. The van der Waals surface area contributed by atoms with Crippen LogP contribution in [0, 0.1) is 0 Å². The highest BCUT2D eigenvalue weighted by Gasteiger charge is 2.00. The number of aliphatic carboxylic acids is 1. The average molecular weight is 467 g/mol. The molecule has 0 aromatic heterocycles. The first kappa shape index (κ1) is 33.2. The van der Waals surface area contributed by atoms with Crippen LogP contribution < -0.4 is 21.7 Å². The van der Waals surface area contributed by atoms with Crippen molar-refractivity contribution in [1.82, 2.24) is 16.0 Å². The summed E-state index contributed by atoms with van der Waals surface area (Å²) < 4.78 is 0. The van der Waals surface area contributed by atoms with Gasteiger partial charge in [-0.25, -0.2) is 0 Å². The highest BCUT2D eigenvalue weighted by atomic mass is 16.4. The second-order valence-electron chi connectivity index (χ2n) is 7.76. The third-order valence-corrected chi connectivity index (χ3v) is 4.48. The SMILES string of the molecule is CC(=O)O.CCC=CCC=CCC=CCCCCCCCC(=O)NCCNCCNCCN. The summed E-state index contributed by atoms with van der Waals surface area (Å²) in [6.07, 6.45) is 24.3. The van der Waals surface area contributed by atoms with Crippen LogP contribution in [0.25, 0.3) is 0 Å². The smallest absolute Gasteiger partial charge is 0.300 e. The van der Waals surface area contributed by atoms with E-state index in [2.05, 4.69) is 59.3 Å². The molecule has 0 radical (unpaired) electrons. The molecule has 0 heterocycles. The zero-order chi connectivity index (χ0) is 24.8. The van der Waals surface area contributed by atoms with Crippen molar-refractivity contribution in [1.29, 1.82) is 0 Å². The number of rotatable bonds is 21. The van der Waals surface area contributed by atoms with Crippen LogP contribution >= 0.6 is 0 Å². The third-order valence-electron chi connectivity index (χ3n) is 4.48. The molecule has 7 heteroatoms. The Labute approximate surface area is 202 Å². The van der Waals surface area contributed by atoms with Crippen molar-refractivity contribution >= 4 is 11.9 Å². The summed E-state index contributed by atoms with van der Waals surface area (Å²) in [6, 6.07) is 0. The number of amides is 1. The number of carbonyl (C=O) groups is 2. The fraction of sp³-hybridized carbons (Fsp3) is 0.692. The Kier molecular flexibility index (Phi) is 30.2. The number of allylic oxidation sites excluding steroid dienone is 6. The Bertz CT molecular complexity index is 516. The fourth-order valence-electron chi connectivity index (χ4n) is 2.81. The van der Waals surface area contributed by atoms with Gasteiger partial charge in [-0.05, 0) is 38.5 Å². The molecule has 0 spiro atoms. The van der Waals surface area contributed by atoms with Gasteiger partial charge in [-0.15, -0.1) is 0 Å². The van der Waals surface area contributed by atoms with Crippen molar-refractivity contribution in [2.24, 2.45) is 5.73 Å². The fourth-order valence-corrected chi connectivity index (χ4v) is 2.81. The van der Waals surface area contributed by atoms with E-state index in [0.717, 1.165) is 65.2 Å². The summed E-state index contributed by atoms with van der Waals surface area (Å²) in [5.41, 5.74) is 5.40. The van der Waals surface area contributed by atoms with E-state index in [1.54, 1.807) is 0 Å². The minimum atomic E-state index is -0.833. The molecule has 0 bridgehead atoms. The number of hydrogen-bond donors (Lipinski definition) is 5. The molecule has 0 rings (SSSR count). The molecular weight excluding hydrogens is 416 g/mol. The van der Waals surface area contributed by atoms with E-state index in [1.165, 1.54) is 25.7 Å². The normalized spacial score (nSPS) is 11.2. The van der Waals surface area contributed by atoms with Crippen LogP contribution in [0.3, 0.4) is 0 Å². The van der Waals surface area contributed by atoms with Crippen molar-refractivity contribution in [2.45, 2.75) is 78.1 Å². The van der Waals surface area contributed by atoms with E-state index in [4.69, 9.17) is 15.6 Å². The number of unbranched alkanes of at least 4 members (excludes halogenated alkanes) is 5. The Hall–Kier alpha value is -1.96. The largest absolute Gasteiger partial charge is 0.481 e. The van der Waals surface area contributed by atoms with Gasteiger partial charge in [0.1, 0.15) is 0 Å². The second-order valence-corrected chi connectivity index (χ2v) is 7.76. The van der Waals surface area contributed by atoms with Gasteiger partial charge in [-0.1, -0.05) is 62.6 Å². The molecule has 7 nitrogen and oxygen atoms in total. The molecule has 0 aliphatic carbocycles. The zero-order valence-electron chi connectivity index (χ0n) is 21.1. The first-order chi connectivity index (χ1) is 16.0. The number of carbonyl (C=O) groups excluding carboxylic acids is 1. The Morgan fingerprint density at radius 2 is 1.27 bits per heavy atom. The summed E-state index contributed by atoms with van der Waals surface area (Å²) in [7, 11) is 0. The quantitative estimate of drug-likeness (QED) is 0.129. The first-order valence-corrected chi connectivity index (χ1v) is 12.6. The molecule has 1 amide bonds. The molecule has 0 fully saturated rings. The molecule has 33 heavy (non-hydrogen) atoms. The van der Waals surface area contributed by atoms with Gasteiger partial charge < -0.3 is 26.8 Å². The number of carboxylic acid groups (broad SMARTS) is 1. The lowest BCUT2D eigenvalue weighted by molar-refractivity contribution is -0.134. The Morgan fingerprint density at radius 1 is 0.758 bits per heavy atom. The number of hydrogen-bond acceptors (Lipinski definition) is 5. The summed E-state index contributed by atoms with van der Waals surface area (Å²) >= 11 is 0. The topological polar surface area (TPSA) is 116 Å². The van der Waals surface area contributed by atoms with Crippen LogP contribution in [0.2, 0.25) is 0 Å². The molecule has 0 aromatic rings. The van der Waals surface area contributed by atoms with E-state index in [1.807, 2.05) is 0 Å². The van der Waals surface area contributed by atoms with Crippen molar-refractivity contribution in [3.8, 4) is 0 Å². The highest BCUT2D eigenvalue weighted by molar-refractivity contribution is 5.75. The number of nitrogens with two attached hydrogens (primary N) is 1. The maximum absolute atomic E-state index is 11.8. The van der Waals surface area contributed by atoms with Gasteiger partial charge in [0.2, 0.25) is 5.91 Å². The van der Waals surface area contributed by atoms with Gasteiger partial charge >= 0.3 is 0 Å². The van der Waals surface area contributed by atoms with E-state index >= 15 is 0 Å². The van der Waals surface area contributed by atoms with E-state index in [0.29, 0.717) is 19.5 Å². The molecule has 6 N–H and O–H groups in total. The van der Waals surface area contributed by atoms with Gasteiger partial charge in [0.05, 0.1) is 0 Å². The van der Waals surface area contributed by atoms with Crippen LogP contribution in [-0.2, 0) is 9.59 Å². The number of nitrogens with one attached hydrogen (secondary N) is 3. The zero-order valence-corrected chi connectivity index (χ0v) is 21.1. The summed E-state index contributed by atoms with van der Waals surface area (Å²) in [6.45, 7) is 8.09. The highest BCUT2D eigenvalue weighted by Crippen LogP contribution is 2.08. The molecule has 0 saturated carbocycles. The van der Waals surface area contributed by atoms with Gasteiger partial charge in [0.15, 0.2) is 0 Å². The first-order valence-electron chi connectivity index (χ1n) is 12.6. The van der Waals surface area contributed by atoms with Crippen LogP contribution in [0.4, 0.5) is 0 Å². The van der Waals surface area contributed by atoms with Crippen LogP contribution in [0.1, 0.15) is 78.1 Å². The van der Waals surface area contributed by atoms with Crippen molar-refractivity contribution < 1.29 is 14.7 Å². The molecule has 0 saturated heterocycles. The van der Waals surface area contributed by atoms with Crippen molar-refractivity contribution in [2.75, 3.05) is 39.3 Å². The predicted octanol–water partition coefficient (Wildman–Crippen LogP) is 3.92. The van der Waals surface area contributed by atoms with Crippen LogP contribution in [0.15, 0.2) is 36.5 Å². The van der Waals surface area contributed by atoms with Crippen LogP contribution in [0.5, 0.6) is 0 Å². The van der Waals surface area contributed by atoms with Gasteiger partial charge in [0, 0.05) is 52.6 Å². The molecule has 0 aliphatic heterocycles. The van der Waals surface area contributed by atoms with Gasteiger partial charge in [0.25, 0.3) is 5.97 Å². The monoisotopic (exact) mass is 466 g/mol. The van der Waals surface area contributed by atoms with E-state index < -0.39 is 5.97 Å². The molecule has 0 atom stereocenters. The molecule has 0 aliphatic rings. The summed E-state index contributed by atoms with van der Waals surface area (Å²) in [4.78, 5) is 20.8. The standard InChI is InChI=1S/C24H46N4O.C2H4O2/c1-2-3-4-5-6-7-8-9-10-11-12-13-14-15-16-17-24(29)28-23-22-27-21-20-26-19-18-25;1-2(3)4/h3-4,6-7,9-10,26-27H,2,5,8,11-23,25H2,1H3,(H,28,29);1H3,(H,3,4). The number of carboxylic acids is 1. The minimum Gasteiger partial charge on any atom is -0.481 e. The molecule has 192 valence electrons. The van der Waals surface area contributed by atoms with Gasteiger partial charge in [-0.3, -0.25) is 9.59 Å². The molecule has 0 unspecified atom stereocenters. The predicted molar refractivity (Wildman–Crippen MR) is 140 cm³/mol. The third kappa shape index (κ3) is 37.7. The Balaban J connectivity index is 0.